The molecule has 2 heterocycles. The van der Waals surface area contributed by atoms with E-state index in [0.717, 1.165) is 36.6 Å². The van der Waals surface area contributed by atoms with Gasteiger partial charge in [0.1, 0.15) is 0 Å². The van der Waals surface area contributed by atoms with Crippen molar-refractivity contribution in [2.75, 3.05) is 20.1 Å². The Morgan fingerprint density at radius 2 is 2.53 bits per heavy atom. The Morgan fingerprint density at radius 1 is 1.71 bits per heavy atom. The van der Waals surface area contributed by atoms with E-state index in [0.29, 0.717) is 12.5 Å². The molecular formula is C12H19N3OS. The fraction of sp³-hybridized carbons (Fsp3) is 0.667. The predicted molar refractivity (Wildman–Crippen MR) is 69.2 cm³/mol. The van der Waals surface area contributed by atoms with Crippen molar-refractivity contribution in [1.82, 2.24) is 15.2 Å². The van der Waals surface area contributed by atoms with E-state index in [1.165, 1.54) is 0 Å². The number of carbonyl (C=O) groups is 1. The van der Waals surface area contributed by atoms with Crippen LogP contribution >= 0.6 is 11.3 Å². The number of rotatable bonds is 4. The van der Waals surface area contributed by atoms with Crippen LogP contribution in [0, 0.1) is 6.92 Å². The number of thiazole rings is 1. The van der Waals surface area contributed by atoms with Gasteiger partial charge in [0.05, 0.1) is 17.1 Å². The highest BCUT2D eigenvalue weighted by atomic mass is 32.1. The zero-order valence-corrected chi connectivity index (χ0v) is 11.2. The molecule has 1 aromatic heterocycles. The molecule has 0 bridgehead atoms. The number of likely N-dealkylation sites (tertiary alicyclic amines) is 1. The van der Waals surface area contributed by atoms with Crippen molar-refractivity contribution in [3.8, 4) is 0 Å². The first kappa shape index (κ1) is 12.5. The highest BCUT2D eigenvalue weighted by Crippen LogP contribution is 2.18. The molecule has 0 spiro atoms. The van der Waals surface area contributed by atoms with Crippen LogP contribution in [0.2, 0.25) is 0 Å². The molecule has 17 heavy (non-hydrogen) atoms. The molecule has 0 saturated carbocycles. The zero-order valence-electron chi connectivity index (χ0n) is 10.4. The van der Waals surface area contributed by atoms with Crippen LogP contribution < -0.4 is 5.32 Å². The van der Waals surface area contributed by atoms with E-state index in [9.17, 15) is 4.79 Å². The highest BCUT2D eigenvalue weighted by Gasteiger charge is 2.28. The molecule has 0 unspecified atom stereocenters. The summed E-state index contributed by atoms with van der Waals surface area (Å²) < 4.78 is 0. The normalized spacial score (nSPS) is 19.9. The number of likely N-dealkylation sites (N-methyl/N-ethyl adjacent to an activating group) is 1. The summed E-state index contributed by atoms with van der Waals surface area (Å²) >= 11 is 1.61. The first-order chi connectivity index (χ1) is 8.20. The second-order valence-corrected chi connectivity index (χ2v) is 5.54. The molecule has 94 valence electrons. The Morgan fingerprint density at radius 3 is 3.18 bits per heavy atom. The van der Waals surface area contributed by atoms with Crippen molar-refractivity contribution in [2.45, 2.75) is 32.2 Å². The van der Waals surface area contributed by atoms with Gasteiger partial charge in [-0.3, -0.25) is 4.79 Å². The quantitative estimate of drug-likeness (QED) is 0.877. The van der Waals surface area contributed by atoms with Crippen LogP contribution in [0.4, 0.5) is 0 Å². The standard InChI is InChI=1S/C12H19N3OS/c1-9-14-10(8-17-9)6-12(16)15-5-3-4-11(15)7-13-2/h8,11,13H,3-7H2,1-2H3/t11-/m0/s1. The Balaban J connectivity index is 1.95. The van der Waals surface area contributed by atoms with E-state index in [1.54, 1.807) is 11.3 Å². The minimum atomic E-state index is 0.216. The Bertz CT molecular complexity index is 391. The second kappa shape index (κ2) is 5.60. The van der Waals surface area contributed by atoms with Crippen LogP contribution in [-0.2, 0) is 11.2 Å². The van der Waals surface area contributed by atoms with E-state index in [2.05, 4.69) is 10.3 Å². The van der Waals surface area contributed by atoms with E-state index in [4.69, 9.17) is 0 Å². The second-order valence-electron chi connectivity index (χ2n) is 4.48. The SMILES string of the molecule is CNC[C@@H]1CCCN1C(=O)Cc1csc(C)n1. The average molecular weight is 253 g/mol. The number of carbonyl (C=O) groups excluding carboxylic acids is 1. The maximum absolute atomic E-state index is 12.2. The van der Waals surface area contributed by atoms with Gasteiger partial charge in [0.2, 0.25) is 5.91 Å². The number of nitrogens with one attached hydrogen (secondary N) is 1. The van der Waals surface area contributed by atoms with Crippen molar-refractivity contribution in [1.29, 1.82) is 0 Å². The molecule has 0 aromatic carbocycles. The van der Waals surface area contributed by atoms with Gasteiger partial charge < -0.3 is 10.2 Å². The fourth-order valence-corrected chi connectivity index (χ4v) is 2.97. The predicted octanol–water partition coefficient (Wildman–Crippen LogP) is 1.20. The summed E-state index contributed by atoms with van der Waals surface area (Å²) in [5.74, 6) is 0.216. The topological polar surface area (TPSA) is 45.2 Å². The summed E-state index contributed by atoms with van der Waals surface area (Å²) in [5, 5.41) is 6.17. The Kier molecular flexibility index (Phi) is 4.12. The van der Waals surface area contributed by atoms with Crippen LogP contribution in [0.1, 0.15) is 23.5 Å². The maximum Gasteiger partial charge on any atom is 0.228 e. The van der Waals surface area contributed by atoms with Gasteiger partial charge in [0.15, 0.2) is 0 Å². The molecule has 0 radical (unpaired) electrons. The van der Waals surface area contributed by atoms with Gasteiger partial charge in [-0.2, -0.15) is 0 Å². The molecule has 1 aromatic rings. The van der Waals surface area contributed by atoms with Crippen molar-refractivity contribution in [2.24, 2.45) is 0 Å². The lowest BCUT2D eigenvalue weighted by molar-refractivity contribution is -0.131. The first-order valence-corrected chi connectivity index (χ1v) is 6.93. The molecule has 1 saturated heterocycles. The maximum atomic E-state index is 12.2. The molecule has 1 aliphatic heterocycles. The van der Waals surface area contributed by atoms with E-state index in [-0.39, 0.29) is 5.91 Å². The average Bonchev–Trinajstić information content (AvgIpc) is 2.88. The minimum Gasteiger partial charge on any atom is -0.338 e. The number of nitrogens with zero attached hydrogens (tertiary/aromatic N) is 2. The van der Waals surface area contributed by atoms with E-state index in [1.807, 2.05) is 24.3 Å². The van der Waals surface area contributed by atoms with Crippen LogP contribution in [-0.4, -0.2) is 42.0 Å². The number of hydrogen-bond acceptors (Lipinski definition) is 4. The van der Waals surface area contributed by atoms with Crippen molar-refractivity contribution in [3.63, 3.8) is 0 Å². The van der Waals surface area contributed by atoms with Gasteiger partial charge in [0, 0.05) is 24.5 Å². The summed E-state index contributed by atoms with van der Waals surface area (Å²) in [5.41, 5.74) is 0.910. The molecule has 5 heteroatoms. The molecular weight excluding hydrogens is 234 g/mol. The molecule has 1 atom stereocenters. The Hall–Kier alpha value is -0.940. The number of aromatic nitrogens is 1. The summed E-state index contributed by atoms with van der Waals surface area (Å²) in [6.07, 6.45) is 2.68. The lowest BCUT2D eigenvalue weighted by Crippen LogP contribution is -2.41. The largest absolute Gasteiger partial charge is 0.338 e. The first-order valence-electron chi connectivity index (χ1n) is 6.06. The molecule has 1 amide bonds. The summed E-state index contributed by atoms with van der Waals surface area (Å²) in [6.45, 7) is 3.76. The van der Waals surface area contributed by atoms with Crippen LogP contribution in [0.25, 0.3) is 0 Å². The molecule has 4 nitrogen and oxygen atoms in total. The highest BCUT2D eigenvalue weighted by molar-refractivity contribution is 7.09. The van der Waals surface area contributed by atoms with Gasteiger partial charge >= 0.3 is 0 Å². The molecule has 1 aliphatic rings. The van der Waals surface area contributed by atoms with E-state index < -0.39 is 0 Å². The zero-order chi connectivity index (χ0) is 12.3. The van der Waals surface area contributed by atoms with Gasteiger partial charge in [-0.1, -0.05) is 0 Å². The third-order valence-corrected chi connectivity index (χ3v) is 3.96. The molecule has 1 fully saturated rings. The smallest absolute Gasteiger partial charge is 0.228 e. The van der Waals surface area contributed by atoms with Crippen molar-refractivity contribution in [3.05, 3.63) is 16.1 Å². The number of amides is 1. The Labute approximate surface area is 106 Å². The molecule has 1 N–H and O–H groups in total. The number of hydrogen-bond donors (Lipinski definition) is 1. The monoisotopic (exact) mass is 253 g/mol. The van der Waals surface area contributed by atoms with Crippen molar-refractivity contribution < 1.29 is 4.79 Å². The van der Waals surface area contributed by atoms with Crippen molar-refractivity contribution >= 4 is 17.2 Å². The van der Waals surface area contributed by atoms with Crippen LogP contribution in [0.3, 0.4) is 0 Å². The fourth-order valence-electron chi connectivity index (χ4n) is 2.36. The lowest BCUT2D eigenvalue weighted by atomic mass is 10.2. The van der Waals surface area contributed by atoms with Crippen LogP contribution in [0.15, 0.2) is 5.38 Å². The van der Waals surface area contributed by atoms with Gasteiger partial charge in [0.25, 0.3) is 0 Å². The van der Waals surface area contributed by atoms with Gasteiger partial charge in [-0.15, -0.1) is 11.3 Å². The number of aryl methyl sites for hydroxylation is 1. The summed E-state index contributed by atoms with van der Waals surface area (Å²) in [6, 6.07) is 0.368. The third-order valence-electron chi connectivity index (χ3n) is 3.14. The summed E-state index contributed by atoms with van der Waals surface area (Å²) in [7, 11) is 1.94. The lowest BCUT2D eigenvalue weighted by Gasteiger charge is -2.24. The third kappa shape index (κ3) is 3.04. The molecule has 2 rings (SSSR count). The van der Waals surface area contributed by atoms with Gasteiger partial charge in [-0.05, 0) is 26.8 Å². The van der Waals surface area contributed by atoms with E-state index >= 15 is 0 Å². The van der Waals surface area contributed by atoms with Crippen LogP contribution in [0.5, 0.6) is 0 Å². The minimum absolute atomic E-state index is 0.216. The summed E-state index contributed by atoms with van der Waals surface area (Å²) in [4.78, 5) is 18.5. The molecule has 0 aliphatic carbocycles. The van der Waals surface area contributed by atoms with Gasteiger partial charge in [-0.25, -0.2) is 4.98 Å².